The smallest absolute Gasteiger partial charge is 0.257 e. The first kappa shape index (κ1) is 16.3. The Balaban J connectivity index is 1.83. The molecule has 0 unspecified atom stereocenters. The number of carbonyl (C=O) groups is 2. The standard InChI is InChI=1S/C16H22N2O4/c1-3-17-14(19)10-22-13-6-4-12(5-7-13)18-16(20)15-11(2)8-9-21-15/h4-7,11,15H,3,8-10H2,1-2H3,(H,17,19)(H,18,20)/t11-,15-/m1/s1. The van der Waals surface area contributed by atoms with Crippen LogP contribution in [0, 0.1) is 5.92 Å². The van der Waals surface area contributed by atoms with Crippen LogP contribution in [0.5, 0.6) is 5.75 Å². The maximum Gasteiger partial charge on any atom is 0.257 e. The van der Waals surface area contributed by atoms with E-state index in [1.807, 2.05) is 13.8 Å². The van der Waals surface area contributed by atoms with Crippen LogP contribution < -0.4 is 15.4 Å². The van der Waals surface area contributed by atoms with Crippen molar-refractivity contribution < 1.29 is 19.1 Å². The number of nitrogens with one attached hydrogen (secondary N) is 2. The van der Waals surface area contributed by atoms with E-state index in [4.69, 9.17) is 9.47 Å². The Hall–Kier alpha value is -2.08. The fraction of sp³-hybridized carbons (Fsp3) is 0.500. The summed E-state index contributed by atoms with van der Waals surface area (Å²) < 4.78 is 10.8. The Morgan fingerprint density at radius 3 is 2.64 bits per heavy atom. The zero-order valence-corrected chi connectivity index (χ0v) is 12.9. The van der Waals surface area contributed by atoms with Gasteiger partial charge in [0.1, 0.15) is 11.9 Å². The van der Waals surface area contributed by atoms with Crippen LogP contribution in [0.3, 0.4) is 0 Å². The highest BCUT2D eigenvalue weighted by Gasteiger charge is 2.30. The largest absolute Gasteiger partial charge is 0.484 e. The Bertz CT molecular complexity index is 515. The fourth-order valence-corrected chi connectivity index (χ4v) is 2.28. The lowest BCUT2D eigenvalue weighted by molar-refractivity contribution is -0.126. The van der Waals surface area contributed by atoms with Crippen LogP contribution in [0.1, 0.15) is 20.3 Å². The predicted octanol–water partition coefficient (Wildman–Crippen LogP) is 1.56. The number of ether oxygens (including phenoxy) is 2. The van der Waals surface area contributed by atoms with E-state index in [2.05, 4.69) is 10.6 Å². The molecule has 0 bridgehead atoms. The molecule has 1 aromatic rings. The first-order valence-corrected chi connectivity index (χ1v) is 7.52. The van der Waals surface area contributed by atoms with Crippen LogP contribution >= 0.6 is 0 Å². The molecule has 1 saturated heterocycles. The molecular formula is C16H22N2O4. The second kappa shape index (κ2) is 7.79. The summed E-state index contributed by atoms with van der Waals surface area (Å²) in [6.45, 7) is 5.05. The lowest BCUT2D eigenvalue weighted by Gasteiger charge is -2.14. The quantitative estimate of drug-likeness (QED) is 0.836. The molecule has 2 N–H and O–H groups in total. The molecule has 1 aliphatic rings. The third-order valence-corrected chi connectivity index (χ3v) is 3.51. The van der Waals surface area contributed by atoms with Crippen LogP contribution in [0.4, 0.5) is 5.69 Å². The number of anilines is 1. The molecule has 0 saturated carbocycles. The Kier molecular flexibility index (Phi) is 5.77. The summed E-state index contributed by atoms with van der Waals surface area (Å²) in [6, 6.07) is 6.91. The highest BCUT2D eigenvalue weighted by Crippen LogP contribution is 2.22. The van der Waals surface area contributed by atoms with Gasteiger partial charge < -0.3 is 20.1 Å². The average molecular weight is 306 g/mol. The van der Waals surface area contributed by atoms with Crippen molar-refractivity contribution in [1.82, 2.24) is 5.32 Å². The predicted molar refractivity (Wildman–Crippen MR) is 82.8 cm³/mol. The molecule has 120 valence electrons. The average Bonchev–Trinajstić information content (AvgIpc) is 2.93. The number of benzene rings is 1. The van der Waals surface area contributed by atoms with Gasteiger partial charge >= 0.3 is 0 Å². The van der Waals surface area contributed by atoms with Gasteiger partial charge in [-0.2, -0.15) is 0 Å². The molecule has 0 spiro atoms. The van der Waals surface area contributed by atoms with Gasteiger partial charge in [-0.1, -0.05) is 6.92 Å². The van der Waals surface area contributed by atoms with Gasteiger partial charge in [-0.05, 0) is 43.5 Å². The van der Waals surface area contributed by atoms with E-state index in [-0.39, 0.29) is 30.4 Å². The molecule has 1 aliphatic heterocycles. The van der Waals surface area contributed by atoms with Crippen molar-refractivity contribution in [1.29, 1.82) is 0 Å². The first-order chi connectivity index (χ1) is 10.6. The third kappa shape index (κ3) is 4.46. The van der Waals surface area contributed by atoms with Crippen molar-refractivity contribution in [3.05, 3.63) is 24.3 Å². The Labute approximate surface area is 130 Å². The van der Waals surface area contributed by atoms with Crippen molar-refractivity contribution in [2.24, 2.45) is 5.92 Å². The summed E-state index contributed by atoms with van der Waals surface area (Å²) in [5.74, 6) is 0.530. The van der Waals surface area contributed by atoms with E-state index in [0.717, 1.165) is 6.42 Å². The van der Waals surface area contributed by atoms with E-state index < -0.39 is 0 Å². The number of hydrogen-bond donors (Lipinski definition) is 2. The van der Waals surface area contributed by atoms with Gasteiger partial charge in [-0.3, -0.25) is 9.59 Å². The van der Waals surface area contributed by atoms with Crippen LogP contribution in [-0.4, -0.2) is 37.7 Å². The van der Waals surface area contributed by atoms with E-state index in [1.54, 1.807) is 24.3 Å². The second-order valence-electron chi connectivity index (χ2n) is 5.31. The molecule has 1 aromatic carbocycles. The van der Waals surface area contributed by atoms with Gasteiger partial charge in [-0.15, -0.1) is 0 Å². The van der Waals surface area contributed by atoms with Gasteiger partial charge in [0.05, 0.1) is 0 Å². The maximum atomic E-state index is 12.1. The lowest BCUT2D eigenvalue weighted by atomic mass is 10.0. The minimum absolute atomic E-state index is 0.0209. The van der Waals surface area contributed by atoms with Crippen LogP contribution in [0.2, 0.25) is 0 Å². The summed E-state index contributed by atoms with van der Waals surface area (Å²) in [7, 11) is 0. The van der Waals surface area contributed by atoms with Gasteiger partial charge in [0, 0.05) is 18.8 Å². The van der Waals surface area contributed by atoms with E-state index in [9.17, 15) is 9.59 Å². The number of hydrogen-bond acceptors (Lipinski definition) is 4. The molecule has 1 heterocycles. The minimum atomic E-state index is -0.381. The fourth-order valence-electron chi connectivity index (χ4n) is 2.28. The van der Waals surface area contributed by atoms with E-state index >= 15 is 0 Å². The zero-order chi connectivity index (χ0) is 15.9. The summed E-state index contributed by atoms with van der Waals surface area (Å²) in [5.41, 5.74) is 0.679. The lowest BCUT2D eigenvalue weighted by Crippen LogP contribution is -2.31. The molecule has 0 radical (unpaired) electrons. The highest BCUT2D eigenvalue weighted by atomic mass is 16.5. The number of rotatable bonds is 6. The molecule has 2 amide bonds. The molecule has 22 heavy (non-hydrogen) atoms. The Morgan fingerprint density at radius 1 is 1.32 bits per heavy atom. The van der Waals surface area contributed by atoms with Gasteiger partial charge in [0.15, 0.2) is 6.61 Å². The van der Waals surface area contributed by atoms with Gasteiger partial charge in [0.25, 0.3) is 11.8 Å². The molecular weight excluding hydrogens is 284 g/mol. The molecule has 0 aliphatic carbocycles. The van der Waals surface area contributed by atoms with Crippen molar-refractivity contribution in [3.63, 3.8) is 0 Å². The summed E-state index contributed by atoms with van der Waals surface area (Å²) in [6.07, 6.45) is 0.527. The van der Waals surface area contributed by atoms with E-state index in [0.29, 0.717) is 24.6 Å². The summed E-state index contributed by atoms with van der Waals surface area (Å²) >= 11 is 0. The maximum absolute atomic E-state index is 12.1. The van der Waals surface area contributed by atoms with Crippen LogP contribution in [-0.2, 0) is 14.3 Å². The van der Waals surface area contributed by atoms with Crippen molar-refractivity contribution >= 4 is 17.5 Å². The van der Waals surface area contributed by atoms with Crippen molar-refractivity contribution in [2.75, 3.05) is 25.1 Å². The van der Waals surface area contributed by atoms with Crippen LogP contribution in [0.25, 0.3) is 0 Å². The van der Waals surface area contributed by atoms with Crippen molar-refractivity contribution in [2.45, 2.75) is 26.4 Å². The van der Waals surface area contributed by atoms with Gasteiger partial charge in [-0.25, -0.2) is 0 Å². The van der Waals surface area contributed by atoms with Gasteiger partial charge in [0.2, 0.25) is 0 Å². The first-order valence-electron chi connectivity index (χ1n) is 7.52. The second-order valence-corrected chi connectivity index (χ2v) is 5.31. The molecule has 2 rings (SSSR count). The molecule has 6 nitrogen and oxygen atoms in total. The minimum Gasteiger partial charge on any atom is -0.484 e. The van der Waals surface area contributed by atoms with Crippen LogP contribution in [0.15, 0.2) is 24.3 Å². The number of amides is 2. The van der Waals surface area contributed by atoms with E-state index in [1.165, 1.54) is 0 Å². The molecule has 2 atom stereocenters. The Morgan fingerprint density at radius 2 is 2.05 bits per heavy atom. The topological polar surface area (TPSA) is 76.7 Å². The SMILES string of the molecule is CCNC(=O)COc1ccc(NC(=O)[C@@H]2OCC[C@H]2C)cc1. The molecule has 6 heteroatoms. The number of likely N-dealkylation sites (N-methyl/N-ethyl adjacent to an activating group) is 1. The highest BCUT2D eigenvalue weighted by molar-refractivity contribution is 5.94. The number of carbonyl (C=O) groups excluding carboxylic acids is 2. The van der Waals surface area contributed by atoms with Crippen molar-refractivity contribution in [3.8, 4) is 5.75 Å². The monoisotopic (exact) mass is 306 g/mol. The normalized spacial score (nSPS) is 20.5. The summed E-state index contributed by atoms with van der Waals surface area (Å²) in [5, 5.41) is 5.48. The zero-order valence-electron chi connectivity index (χ0n) is 12.9. The summed E-state index contributed by atoms with van der Waals surface area (Å²) in [4.78, 5) is 23.4. The molecule has 1 fully saturated rings. The molecule has 0 aromatic heterocycles. The third-order valence-electron chi connectivity index (χ3n) is 3.51.